The zero-order valence-corrected chi connectivity index (χ0v) is 22.0. The Morgan fingerprint density at radius 3 is 2.54 bits per heavy atom. The molecule has 0 aromatic heterocycles. The lowest BCUT2D eigenvalue weighted by atomic mass is 9.64. The van der Waals surface area contributed by atoms with Crippen LogP contribution in [0.3, 0.4) is 0 Å². The third-order valence-electron chi connectivity index (χ3n) is 6.95. The molecule has 2 unspecified atom stereocenters. The highest BCUT2D eigenvalue weighted by Gasteiger charge is 2.61. The predicted molar refractivity (Wildman–Crippen MR) is 135 cm³/mol. The van der Waals surface area contributed by atoms with Gasteiger partial charge in [-0.3, -0.25) is 9.59 Å². The number of fused-ring (bicyclic) bond motifs is 2. The summed E-state index contributed by atoms with van der Waals surface area (Å²) in [6.07, 6.45) is 12.9. The minimum Gasteiger partial charge on any atom is -0.504 e. The molecule has 0 aromatic carbocycles. The van der Waals surface area contributed by atoms with E-state index in [9.17, 15) is 23.1 Å². The van der Waals surface area contributed by atoms with Crippen LogP contribution < -0.4 is 0 Å². The second-order valence-electron chi connectivity index (χ2n) is 11.0. The standard InChI is InChI=1S/C27H37NO6S/c1-19-8-9-23-22(17-19)27(13-10-21(29)11-14-27)25(31)28(23)35(32,33)16-6-7-20(12-15-34-5)24(30)18-26(2,3)4/h6-9,12,15-17,21-23,29H,10-11,13-14,18H2,1-5H3/b15-12+,16-6+,20-7+. The monoisotopic (exact) mass is 503 g/mol. The molecule has 1 spiro atoms. The Kier molecular flexibility index (Phi) is 7.96. The smallest absolute Gasteiger partial charge is 0.260 e. The number of allylic oxidation sites excluding steroid dienone is 6. The van der Waals surface area contributed by atoms with Crippen LogP contribution in [0.25, 0.3) is 0 Å². The van der Waals surface area contributed by atoms with E-state index in [1.165, 1.54) is 31.6 Å². The van der Waals surface area contributed by atoms with E-state index in [1.54, 1.807) is 6.08 Å². The van der Waals surface area contributed by atoms with Crippen molar-refractivity contribution in [2.24, 2.45) is 16.7 Å². The van der Waals surface area contributed by atoms with Gasteiger partial charge in [-0.2, -0.15) is 0 Å². The van der Waals surface area contributed by atoms with Gasteiger partial charge in [-0.15, -0.1) is 0 Å². The largest absolute Gasteiger partial charge is 0.504 e. The van der Waals surface area contributed by atoms with E-state index in [4.69, 9.17) is 4.74 Å². The number of sulfonamides is 1. The molecule has 35 heavy (non-hydrogen) atoms. The lowest BCUT2D eigenvalue weighted by molar-refractivity contribution is -0.135. The SMILES string of the molecule is CO/C=C/C(=C\C=C\S(=O)(=O)N1C(=O)C2(CCC(O)CC2)C2C=C(C)C=CC21)C(=O)CC(C)(C)C. The maximum absolute atomic E-state index is 13.7. The third kappa shape index (κ3) is 5.86. The molecule has 1 saturated carbocycles. The fourth-order valence-electron chi connectivity index (χ4n) is 5.24. The average molecular weight is 504 g/mol. The molecule has 1 aliphatic heterocycles. The molecule has 192 valence electrons. The Morgan fingerprint density at radius 2 is 1.94 bits per heavy atom. The first kappa shape index (κ1) is 27.1. The first-order valence-corrected chi connectivity index (χ1v) is 13.6. The van der Waals surface area contributed by atoms with Gasteiger partial charge in [-0.1, -0.05) is 50.6 Å². The summed E-state index contributed by atoms with van der Waals surface area (Å²) >= 11 is 0. The summed E-state index contributed by atoms with van der Waals surface area (Å²) in [7, 11) is -2.65. The minimum atomic E-state index is -4.11. The third-order valence-corrected chi connectivity index (χ3v) is 8.40. The minimum absolute atomic E-state index is 0.138. The maximum Gasteiger partial charge on any atom is 0.260 e. The maximum atomic E-state index is 13.7. The second-order valence-corrected chi connectivity index (χ2v) is 12.7. The van der Waals surface area contributed by atoms with Crippen LogP contribution in [-0.2, 0) is 24.3 Å². The van der Waals surface area contributed by atoms with Crippen molar-refractivity contribution in [1.29, 1.82) is 0 Å². The molecular formula is C27H37NO6S. The van der Waals surface area contributed by atoms with E-state index in [0.717, 1.165) is 15.3 Å². The highest BCUT2D eigenvalue weighted by Crippen LogP contribution is 2.54. The first-order chi connectivity index (χ1) is 16.3. The van der Waals surface area contributed by atoms with Gasteiger partial charge in [-0.05, 0) is 50.2 Å². The van der Waals surface area contributed by atoms with Crippen molar-refractivity contribution in [3.8, 4) is 0 Å². The van der Waals surface area contributed by atoms with E-state index >= 15 is 0 Å². The number of ether oxygens (including phenoxy) is 1. The van der Waals surface area contributed by atoms with Crippen LogP contribution in [0.5, 0.6) is 0 Å². The van der Waals surface area contributed by atoms with Gasteiger partial charge in [-0.25, -0.2) is 12.7 Å². The Bertz CT molecular complexity index is 1090. The van der Waals surface area contributed by atoms with Crippen molar-refractivity contribution < 1.29 is 27.9 Å². The van der Waals surface area contributed by atoms with E-state index in [1.807, 2.05) is 39.8 Å². The number of carbonyl (C=O) groups is 2. The summed E-state index contributed by atoms with van der Waals surface area (Å²) in [5, 5.41) is 11.0. The van der Waals surface area contributed by atoms with E-state index in [2.05, 4.69) is 0 Å². The molecule has 1 heterocycles. The number of aliphatic hydroxyl groups excluding tert-OH is 1. The molecule has 3 rings (SSSR count). The Balaban J connectivity index is 1.93. The zero-order chi connectivity index (χ0) is 26.0. The van der Waals surface area contributed by atoms with Crippen LogP contribution in [0.1, 0.15) is 59.8 Å². The summed E-state index contributed by atoms with van der Waals surface area (Å²) in [6, 6.07) is -0.601. The van der Waals surface area contributed by atoms with Crippen LogP contribution in [0.2, 0.25) is 0 Å². The topological polar surface area (TPSA) is 101 Å². The van der Waals surface area contributed by atoms with Crippen LogP contribution >= 0.6 is 0 Å². The van der Waals surface area contributed by atoms with Gasteiger partial charge < -0.3 is 9.84 Å². The van der Waals surface area contributed by atoms with Crippen molar-refractivity contribution in [2.45, 2.75) is 71.9 Å². The number of carbonyl (C=O) groups excluding carboxylic acids is 2. The molecule has 0 bridgehead atoms. The van der Waals surface area contributed by atoms with Gasteiger partial charge in [0, 0.05) is 17.9 Å². The fourth-order valence-corrected chi connectivity index (χ4v) is 6.60. The number of rotatable bonds is 7. The van der Waals surface area contributed by atoms with Gasteiger partial charge in [0.1, 0.15) is 0 Å². The Morgan fingerprint density at radius 1 is 1.29 bits per heavy atom. The molecule has 7 nitrogen and oxygen atoms in total. The number of hydrogen-bond donors (Lipinski definition) is 1. The van der Waals surface area contributed by atoms with Crippen molar-refractivity contribution in [3.05, 3.63) is 59.3 Å². The summed E-state index contributed by atoms with van der Waals surface area (Å²) in [5.41, 5.74) is 0.244. The number of nitrogens with zero attached hydrogens (tertiary/aromatic N) is 1. The number of ketones is 1. The fraction of sp³-hybridized carbons (Fsp3) is 0.556. The zero-order valence-electron chi connectivity index (χ0n) is 21.2. The average Bonchev–Trinajstić information content (AvgIpc) is 2.99. The van der Waals surface area contributed by atoms with Gasteiger partial charge >= 0.3 is 0 Å². The normalized spacial score (nSPS) is 29.8. The molecule has 2 fully saturated rings. The van der Waals surface area contributed by atoms with E-state index in [0.29, 0.717) is 31.3 Å². The van der Waals surface area contributed by atoms with Crippen LogP contribution in [0.4, 0.5) is 0 Å². The second kappa shape index (κ2) is 10.3. The predicted octanol–water partition coefficient (Wildman–Crippen LogP) is 4.19. The quantitative estimate of drug-likeness (QED) is 0.318. The van der Waals surface area contributed by atoms with Gasteiger partial charge in [0.15, 0.2) is 5.78 Å². The number of hydrogen-bond acceptors (Lipinski definition) is 6. The molecule has 1 N–H and O–H groups in total. The summed E-state index contributed by atoms with van der Waals surface area (Å²) in [6.45, 7) is 7.79. The Hall–Kier alpha value is -2.45. The molecular weight excluding hydrogens is 466 g/mol. The van der Waals surface area contributed by atoms with Gasteiger partial charge in [0.2, 0.25) is 5.91 Å². The molecule has 0 aromatic rings. The van der Waals surface area contributed by atoms with E-state index in [-0.39, 0.29) is 23.5 Å². The lowest BCUT2D eigenvalue weighted by Gasteiger charge is -2.38. The van der Waals surface area contributed by atoms with Crippen LogP contribution in [-0.4, -0.2) is 48.8 Å². The number of amides is 1. The number of Topliss-reactive ketones (excluding diaryl/α,β-unsaturated/α-hetero) is 1. The van der Waals surface area contributed by atoms with Crippen LogP contribution in [0.15, 0.2) is 59.3 Å². The molecule has 0 radical (unpaired) electrons. The molecule has 8 heteroatoms. The molecule has 2 atom stereocenters. The van der Waals surface area contributed by atoms with Crippen LogP contribution in [0, 0.1) is 16.7 Å². The highest BCUT2D eigenvalue weighted by molar-refractivity contribution is 7.92. The van der Waals surface area contributed by atoms with Crippen molar-refractivity contribution in [3.63, 3.8) is 0 Å². The van der Waals surface area contributed by atoms with Crippen molar-refractivity contribution in [2.75, 3.05) is 7.11 Å². The van der Waals surface area contributed by atoms with Crippen molar-refractivity contribution >= 4 is 21.7 Å². The Labute approximate surface area is 209 Å². The number of aliphatic hydroxyl groups is 1. The summed E-state index contributed by atoms with van der Waals surface area (Å²) in [5.74, 6) is -0.813. The van der Waals surface area contributed by atoms with E-state index < -0.39 is 33.5 Å². The van der Waals surface area contributed by atoms with Gasteiger partial charge in [0.25, 0.3) is 10.0 Å². The molecule has 1 amide bonds. The lowest BCUT2D eigenvalue weighted by Crippen LogP contribution is -2.42. The van der Waals surface area contributed by atoms with Crippen molar-refractivity contribution in [1.82, 2.24) is 4.31 Å². The molecule has 3 aliphatic rings. The highest BCUT2D eigenvalue weighted by atomic mass is 32.2. The molecule has 2 aliphatic carbocycles. The van der Waals surface area contributed by atoms with Gasteiger partial charge in [0.05, 0.1) is 36.3 Å². The summed E-state index contributed by atoms with van der Waals surface area (Å²) < 4.78 is 32.8. The first-order valence-electron chi connectivity index (χ1n) is 12.1. The molecule has 1 saturated heterocycles. The number of methoxy groups -OCH3 is 1. The summed E-state index contributed by atoms with van der Waals surface area (Å²) in [4.78, 5) is 26.4.